The van der Waals surface area contributed by atoms with Gasteiger partial charge in [-0.3, -0.25) is 0 Å². The highest BCUT2D eigenvalue weighted by molar-refractivity contribution is 5.20. The Morgan fingerprint density at radius 2 is 1.62 bits per heavy atom. The van der Waals surface area contributed by atoms with E-state index in [1.54, 1.807) is 13.8 Å². The van der Waals surface area contributed by atoms with E-state index in [4.69, 9.17) is 24.1 Å². The average molecular weight is 784 g/mol. The molecule has 55 heavy (non-hydrogen) atoms. The summed E-state index contributed by atoms with van der Waals surface area (Å²) in [4.78, 5) is 0. The molecule has 19 atom stereocenters. The van der Waals surface area contributed by atoms with Crippen LogP contribution in [-0.2, 0) is 18.9 Å². The predicted molar refractivity (Wildman–Crippen MR) is 211 cm³/mol. The minimum absolute atomic E-state index is 0.00572. The number of ether oxygens (including phenoxy) is 4. The topological polar surface area (TPSA) is 181 Å². The monoisotopic (exact) mass is 784 g/mol. The van der Waals surface area contributed by atoms with Gasteiger partial charge in [0.2, 0.25) is 0 Å². The van der Waals surface area contributed by atoms with E-state index in [1.807, 2.05) is 6.92 Å². The Bertz CT molecular complexity index is 1320. The largest absolute Gasteiger partial charge is 0.441 e. The molecule has 0 bridgehead atoms. The molecule has 0 aromatic heterocycles. The molecular weight excluding hydrogens is 704 g/mol. The van der Waals surface area contributed by atoms with Crippen LogP contribution in [0.25, 0.3) is 0 Å². The van der Waals surface area contributed by atoms with Crippen LogP contribution in [-0.4, -0.2) is 115 Å². The minimum atomic E-state index is -1.43. The molecule has 13 unspecified atom stereocenters. The van der Waals surface area contributed by atoms with Crippen molar-refractivity contribution in [1.82, 2.24) is 0 Å². The molecule has 0 spiro atoms. The summed E-state index contributed by atoms with van der Waals surface area (Å²) in [5.74, 6) is 0.523. The van der Waals surface area contributed by atoms with Gasteiger partial charge in [-0.15, -0.1) is 0 Å². The third-order valence-corrected chi connectivity index (χ3v) is 16.6. The predicted octanol–water partition coefficient (Wildman–Crippen LogP) is 4.96. The van der Waals surface area contributed by atoms with Crippen LogP contribution < -0.4 is 0 Å². The van der Waals surface area contributed by atoms with Crippen LogP contribution in [0.2, 0.25) is 0 Å². The van der Waals surface area contributed by atoms with Crippen molar-refractivity contribution >= 4 is 0 Å². The van der Waals surface area contributed by atoms with Gasteiger partial charge in [-0.2, -0.15) is 0 Å². The Labute approximate surface area is 331 Å². The lowest BCUT2D eigenvalue weighted by molar-refractivity contribution is -0.313. The Morgan fingerprint density at radius 3 is 2.18 bits per heavy atom. The molecular formula is C44H79O11+. The number of rotatable bonds is 15. The van der Waals surface area contributed by atoms with Gasteiger partial charge in [0.15, 0.2) is 24.8 Å². The van der Waals surface area contributed by atoms with Crippen LogP contribution in [0.5, 0.6) is 0 Å². The fourth-order valence-electron chi connectivity index (χ4n) is 13.1. The van der Waals surface area contributed by atoms with Crippen molar-refractivity contribution in [3.63, 3.8) is 0 Å². The zero-order valence-corrected chi connectivity index (χ0v) is 35.8. The summed E-state index contributed by atoms with van der Waals surface area (Å²) >= 11 is 0. The smallest absolute Gasteiger partial charge is 0.187 e. The average Bonchev–Trinajstić information content (AvgIpc) is 3.61. The van der Waals surface area contributed by atoms with Gasteiger partial charge in [0.1, 0.15) is 18.3 Å². The van der Waals surface area contributed by atoms with Crippen molar-refractivity contribution in [2.24, 2.45) is 45.3 Å². The highest BCUT2D eigenvalue weighted by Crippen LogP contribution is 2.76. The number of hydrogen-bond donors (Lipinski definition) is 6. The summed E-state index contributed by atoms with van der Waals surface area (Å²) in [6.45, 7) is 22.6. The van der Waals surface area contributed by atoms with Crippen molar-refractivity contribution in [1.29, 1.82) is 0 Å². The van der Waals surface area contributed by atoms with Crippen molar-refractivity contribution in [3.8, 4) is 0 Å². The molecule has 4 aliphatic carbocycles. The van der Waals surface area contributed by atoms with Gasteiger partial charge >= 0.3 is 0 Å². The van der Waals surface area contributed by atoms with Gasteiger partial charge in [-0.25, -0.2) is 0 Å². The van der Waals surface area contributed by atoms with E-state index in [-0.39, 0.29) is 39.6 Å². The van der Waals surface area contributed by atoms with E-state index in [2.05, 4.69) is 61.5 Å². The van der Waals surface area contributed by atoms with Crippen LogP contribution in [0.4, 0.5) is 0 Å². The SMILES string of the molecule is CCC(OC1OC(C)C(O)C1O)C(OC(O[C@@](C)(CCC=C(C)C)C1CC[C@]2(C)C1[C@H](O)CC1[C@@]3(C)CC[C@H](O)C(C)(C)C3CC[C@]12C)C(O)CO)C(C)[OH2+]. The number of fused-ring (bicyclic) bond motifs is 5. The zero-order valence-electron chi connectivity index (χ0n) is 35.8. The molecule has 1 heterocycles. The molecule has 5 rings (SSSR count). The van der Waals surface area contributed by atoms with Crippen LogP contribution in [0, 0.1) is 45.3 Å². The number of aliphatic hydroxyl groups is 6. The van der Waals surface area contributed by atoms with Crippen LogP contribution in [0.15, 0.2) is 11.6 Å². The molecule has 5 aliphatic rings. The maximum atomic E-state index is 12.5. The standard InChI is InChI=1S/C44H78O11/c1-12-30(53-39-36(51)35(50)26(5)52-39)37(25(4)46)54-38(29(48)23-45)55-44(11,18-13-14-24(2)3)27-15-20-43(10)34(27)28(47)22-32-41(8)19-17-33(49)40(6,7)31(41)16-21-42(32,43)9/h14,25-39,45-51H,12-13,15-23H2,1-11H3/p+1/t25?,26?,27?,28-,29?,30?,31?,32?,33+,34?,35?,36?,37?,38?,39?,41+,42-,43-,44+/m1/s1. The molecule has 0 aromatic rings. The molecule has 5 fully saturated rings. The normalized spacial score (nSPS) is 45.0. The van der Waals surface area contributed by atoms with E-state index in [1.165, 1.54) is 5.57 Å². The van der Waals surface area contributed by atoms with Crippen molar-refractivity contribution in [2.75, 3.05) is 6.61 Å². The Morgan fingerprint density at radius 1 is 0.964 bits per heavy atom. The fraction of sp³-hybridized carbons (Fsp3) is 0.955. The first-order valence-electron chi connectivity index (χ1n) is 21.5. The fourth-order valence-corrected chi connectivity index (χ4v) is 13.1. The summed E-state index contributed by atoms with van der Waals surface area (Å²) in [6.07, 6.45) is -0.142. The van der Waals surface area contributed by atoms with Gasteiger partial charge in [0.05, 0.1) is 36.6 Å². The summed E-state index contributed by atoms with van der Waals surface area (Å²) < 4.78 is 25.5. The molecule has 4 saturated carbocycles. The van der Waals surface area contributed by atoms with Crippen LogP contribution in [0.3, 0.4) is 0 Å². The van der Waals surface area contributed by atoms with Crippen molar-refractivity contribution in [2.45, 2.75) is 213 Å². The third-order valence-electron chi connectivity index (χ3n) is 16.6. The zero-order chi connectivity index (χ0) is 41.1. The lowest BCUT2D eigenvalue weighted by Crippen LogP contribution is -2.66. The van der Waals surface area contributed by atoms with Crippen LogP contribution in [0.1, 0.15) is 140 Å². The summed E-state index contributed by atoms with van der Waals surface area (Å²) in [5, 5.41) is 75.1. The Hall–Kier alpha value is -0.700. The van der Waals surface area contributed by atoms with Gasteiger partial charge < -0.3 is 54.7 Å². The second-order valence-corrected chi connectivity index (χ2v) is 20.4. The van der Waals surface area contributed by atoms with E-state index < -0.39 is 73.6 Å². The molecule has 320 valence electrons. The lowest BCUT2D eigenvalue weighted by atomic mass is 9.35. The minimum Gasteiger partial charge on any atom is -0.441 e. The molecule has 1 aliphatic heterocycles. The van der Waals surface area contributed by atoms with E-state index in [9.17, 15) is 30.6 Å². The highest BCUT2D eigenvalue weighted by atomic mass is 16.7. The van der Waals surface area contributed by atoms with Gasteiger partial charge in [-0.1, -0.05) is 53.2 Å². The summed E-state index contributed by atoms with van der Waals surface area (Å²) in [5.41, 5.74) is -0.112. The number of hydrogen-bond acceptors (Lipinski definition) is 10. The number of aliphatic hydroxyl groups excluding tert-OH is 6. The summed E-state index contributed by atoms with van der Waals surface area (Å²) in [7, 11) is 0. The first-order valence-corrected chi connectivity index (χ1v) is 21.5. The second kappa shape index (κ2) is 16.7. The van der Waals surface area contributed by atoms with Gasteiger partial charge in [0, 0.05) is 6.92 Å². The molecule has 0 radical (unpaired) electrons. The Balaban J connectivity index is 1.47. The summed E-state index contributed by atoms with van der Waals surface area (Å²) in [6, 6.07) is 0. The van der Waals surface area contributed by atoms with Crippen molar-refractivity contribution < 1.29 is 54.7 Å². The first kappa shape index (κ1) is 45.4. The molecule has 11 heteroatoms. The maximum Gasteiger partial charge on any atom is 0.187 e. The van der Waals surface area contributed by atoms with Crippen molar-refractivity contribution in [3.05, 3.63) is 11.6 Å². The quantitative estimate of drug-likeness (QED) is 0.0755. The maximum absolute atomic E-state index is 12.5. The Kier molecular flexibility index (Phi) is 13.8. The third kappa shape index (κ3) is 8.01. The molecule has 1 saturated heterocycles. The second-order valence-electron chi connectivity index (χ2n) is 20.4. The molecule has 0 aromatic carbocycles. The van der Waals surface area contributed by atoms with Crippen LogP contribution >= 0.6 is 0 Å². The first-order chi connectivity index (χ1) is 25.5. The van der Waals surface area contributed by atoms with E-state index in [0.717, 1.165) is 38.5 Å². The van der Waals surface area contributed by atoms with E-state index in [0.29, 0.717) is 37.5 Å². The molecule has 0 amide bonds. The highest BCUT2D eigenvalue weighted by Gasteiger charge is 2.71. The van der Waals surface area contributed by atoms with E-state index >= 15 is 0 Å². The number of allylic oxidation sites excluding steroid dienone is 2. The molecule has 8 N–H and O–H groups in total. The lowest BCUT2D eigenvalue weighted by Gasteiger charge is -2.70. The molecule has 11 nitrogen and oxygen atoms in total. The van der Waals surface area contributed by atoms with Gasteiger partial charge in [-0.05, 0) is 137 Å². The van der Waals surface area contributed by atoms with Gasteiger partial charge in [0.25, 0.3) is 0 Å².